The maximum Gasteiger partial charge on any atom is 0.0496 e. The number of hydrogen-bond donors (Lipinski definition) is 0. The zero-order chi connectivity index (χ0) is 6.10. The maximum absolute atomic E-state index is 5.43. The average molecular weight is 126 g/mol. The van der Waals surface area contributed by atoms with Crippen LogP contribution in [0, 0.1) is 11.8 Å². The molecule has 2 aliphatic rings. The molecule has 1 nitrogen and oxygen atoms in total. The van der Waals surface area contributed by atoms with E-state index in [9.17, 15) is 0 Å². The molecule has 2 fully saturated rings. The van der Waals surface area contributed by atoms with Crippen molar-refractivity contribution in [3.05, 3.63) is 0 Å². The van der Waals surface area contributed by atoms with E-state index in [1.54, 1.807) is 0 Å². The molecule has 1 heteroatoms. The number of fused-ring (bicyclic) bond motifs is 1. The highest BCUT2D eigenvalue weighted by Gasteiger charge is 2.31. The first-order valence-electron chi connectivity index (χ1n) is 4.04. The summed E-state index contributed by atoms with van der Waals surface area (Å²) in [7, 11) is 0. The van der Waals surface area contributed by atoms with Crippen LogP contribution in [-0.4, -0.2) is 13.2 Å². The molecule has 0 amide bonds. The summed E-state index contributed by atoms with van der Waals surface area (Å²) in [6.07, 6.45) is 5.66. The standard InChI is InChI=1S/C8H14O/c1-2-7-3-4-8(7)6-9-5-1/h7-8H,1-6H2. The van der Waals surface area contributed by atoms with Gasteiger partial charge in [-0.1, -0.05) is 0 Å². The van der Waals surface area contributed by atoms with Crippen molar-refractivity contribution in [1.82, 2.24) is 0 Å². The topological polar surface area (TPSA) is 9.23 Å². The second-order valence-electron chi connectivity index (χ2n) is 3.31. The van der Waals surface area contributed by atoms with Crippen molar-refractivity contribution < 1.29 is 4.74 Å². The second kappa shape index (κ2) is 2.30. The normalized spacial score (nSPS) is 42.7. The van der Waals surface area contributed by atoms with Crippen LogP contribution in [0.25, 0.3) is 0 Å². The minimum Gasteiger partial charge on any atom is -0.381 e. The van der Waals surface area contributed by atoms with Gasteiger partial charge in [0.15, 0.2) is 0 Å². The van der Waals surface area contributed by atoms with Crippen molar-refractivity contribution in [1.29, 1.82) is 0 Å². The number of ether oxygens (including phenoxy) is 1. The summed E-state index contributed by atoms with van der Waals surface area (Å²) in [5.74, 6) is 2.00. The van der Waals surface area contributed by atoms with Gasteiger partial charge in [0.25, 0.3) is 0 Å². The van der Waals surface area contributed by atoms with Crippen molar-refractivity contribution in [3.8, 4) is 0 Å². The van der Waals surface area contributed by atoms with Crippen LogP contribution in [0.2, 0.25) is 0 Å². The predicted octanol–water partition coefficient (Wildman–Crippen LogP) is 1.82. The minimum atomic E-state index is 0.951. The van der Waals surface area contributed by atoms with Crippen molar-refractivity contribution in [2.24, 2.45) is 11.8 Å². The molecule has 0 radical (unpaired) electrons. The van der Waals surface area contributed by atoms with E-state index >= 15 is 0 Å². The molecule has 1 heterocycles. The Bertz CT molecular complexity index is 88.7. The molecular formula is C8H14O. The summed E-state index contributed by atoms with van der Waals surface area (Å²) in [6.45, 7) is 2.08. The Kier molecular flexibility index (Phi) is 1.46. The van der Waals surface area contributed by atoms with Gasteiger partial charge in [-0.05, 0) is 37.5 Å². The van der Waals surface area contributed by atoms with Gasteiger partial charge >= 0.3 is 0 Å². The van der Waals surface area contributed by atoms with Crippen LogP contribution in [0.15, 0.2) is 0 Å². The van der Waals surface area contributed by atoms with E-state index in [0.29, 0.717) is 0 Å². The SMILES string of the molecule is C1COCC2CCC2C1. The van der Waals surface area contributed by atoms with Gasteiger partial charge in [-0.2, -0.15) is 0 Å². The van der Waals surface area contributed by atoms with E-state index in [1.165, 1.54) is 25.7 Å². The minimum absolute atomic E-state index is 0.951. The lowest BCUT2D eigenvalue weighted by atomic mass is 9.72. The number of hydrogen-bond acceptors (Lipinski definition) is 1. The van der Waals surface area contributed by atoms with Crippen molar-refractivity contribution in [3.63, 3.8) is 0 Å². The second-order valence-corrected chi connectivity index (χ2v) is 3.31. The summed E-state index contributed by atoms with van der Waals surface area (Å²) in [6, 6.07) is 0. The Balaban J connectivity index is 1.90. The average Bonchev–Trinajstić information content (AvgIpc) is 1.94. The summed E-state index contributed by atoms with van der Waals surface area (Å²) in [5.41, 5.74) is 0. The molecule has 9 heavy (non-hydrogen) atoms. The van der Waals surface area contributed by atoms with E-state index in [2.05, 4.69) is 0 Å². The summed E-state index contributed by atoms with van der Waals surface area (Å²) in [5, 5.41) is 0. The van der Waals surface area contributed by atoms with E-state index in [-0.39, 0.29) is 0 Å². The highest BCUT2D eigenvalue weighted by atomic mass is 16.5. The molecule has 1 saturated heterocycles. The Hall–Kier alpha value is -0.0400. The molecule has 0 aromatic heterocycles. The van der Waals surface area contributed by atoms with Gasteiger partial charge in [-0.15, -0.1) is 0 Å². The van der Waals surface area contributed by atoms with Crippen molar-refractivity contribution >= 4 is 0 Å². The van der Waals surface area contributed by atoms with Gasteiger partial charge < -0.3 is 4.74 Å². The molecule has 52 valence electrons. The fourth-order valence-electron chi connectivity index (χ4n) is 1.92. The number of rotatable bonds is 0. The van der Waals surface area contributed by atoms with Gasteiger partial charge in [0.1, 0.15) is 0 Å². The molecular weight excluding hydrogens is 112 g/mol. The highest BCUT2D eigenvalue weighted by Crippen LogP contribution is 2.39. The van der Waals surface area contributed by atoms with E-state index in [1.807, 2.05) is 0 Å². The van der Waals surface area contributed by atoms with Crippen LogP contribution in [0.1, 0.15) is 25.7 Å². The third-order valence-electron chi connectivity index (χ3n) is 2.77. The maximum atomic E-state index is 5.43. The molecule has 2 rings (SSSR count). The molecule has 2 unspecified atom stereocenters. The highest BCUT2D eigenvalue weighted by molar-refractivity contribution is 4.81. The van der Waals surface area contributed by atoms with Crippen molar-refractivity contribution in [2.75, 3.05) is 13.2 Å². The Labute approximate surface area is 56.4 Å². The van der Waals surface area contributed by atoms with Crippen LogP contribution < -0.4 is 0 Å². The van der Waals surface area contributed by atoms with Crippen LogP contribution in [-0.2, 0) is 4.74 Å². The van der Waals surface area contributed by atoms with E-state index in [4.69, 9.17) is 4.74 Å². The third-order valence-corrected chi connectivity index (χ3v) is 2.77. The Morgan fingerprint density at radius 2 is 1.89 bits per heavy atom. The van der Waals surface area contributed by atoms with Crippen LogP contribution in [0.4, 0.5) is 0 Å². The lowest BCUT2D eigenvalue weighted by Crippen LogP contribution is -2.27. The molecule has 1 saturated carbocycles. The van der Waals surface area contributed by atoms with Gasteiger partial charge in [0.2, 0.25) is 0 Å². The predicted molar refractivity (Wildman–Crippen MR) is 36.3 cm³/mol. The monoisotopic (exact) mass is 126 g/mol. The van der Waals surface area contributed by atoms with Crippen LogP contribution >= 0.6 is 0 Å². The molecule has 0 spiro atoms. The molecule has 0 aromatic carbocycles. The quantitative estimate of drug-likeness (QED) is 0.481. The Morgan fingerprint density at radius 1 is 1.00 bits per heavy atom. The van der Waals surface area contributed by atoms with E-state index < -0.39 is 0 Å². The summed E-state index contributed by atoms with van der Waals surface area (Å²) in [4.78, 5) is 0. The largest absolute Gasteiger partial charge is 0.381 e. The van der Waals surface area contributed by atoms with Crippen LogP contribution in [0.3, 0.4) is 0 Å². The van der Waals surface area contributed by atoms with Gasteiger partial charge in [-0.25, -0.2) is 0 Å². The van der Waals surface area contributed by atoms with Gasteiger partial charge in [0.05, 0.1) is 0 Å². The smallest absolute Gasteiger partial charge is 0.0496 e. The molecule has 0 aromatic rings. The first-order chi connectivity index (χ1) is 4.47. The molecule has 2 atom stereocenters. The third kappa shape index (κ3) is 0.983. The first kappa shape index (κ1) is 5.72. The first-order valence-corrected chi connectivity index (χ1v) is 4.04. The van der Waals surface area contributed by atoms with Gasteiger partial charge in [0, 0.05) is 13.2 Å². The lowest BCUT2D eigenvalue weighted by molar-refractivity contribution is 0.0641. The molecule has 0 N–H and O–H groups in total. The molecule has 1 aliphatic heterocycles. The van der Waals surface area contributed by atoms with Crippen molar-refractivity contribution in [2.45, 2.75) is 25.7 Å². The van der Waals surface area contributed by atoms with E-state index in [0.717, 1.165) is 25.0 Å². The Morgan fingerprint density at radius 3 is 2.67 bits per heavy atom. The lowest BCUT2D eigenvalue weighted by Gasteiger charge is -2.34. The zero-order valence-corrected chi connectivity index (χ0v) is 5.81. The summed E-state index contributed by atoms with van der Waals surface area (Å²) >= 11 is 0. The molecule has 0 bridgehead atoms. The van der Waals surface area contributed by atoms with Gasteiger partial charge in [-0.3, -0.25) is 0 Å². The summed E-state index contributed by atoms with van der Waals surface area (Å²) < 4.78 is 5.43. The fourth-order valence-corrected chi connectivity index (χ4v) is 1.92. The fraction of sp³-hybridized carbons (Fsp3) is 1.00. The van der Waals surface area contributed by atoms with Crippen LogP contribution in [0.5, 0.6) is 0 Å². The molecule has 1 aliphatic carbocycles. The zero-order valence-electron chi connectivity index (χ0n) is 5.81.